The van der Waals surface area contributed by atoms with E-state index in [2.05, 4.69) is 10.4 Å². The molecule has 0 aliphatic heterocycles. The van der Waals surface area contributed by atoms with Crippen molar-refractivity contribution in [3.63, 3.8) is 0 Å². The summed E-state index contributed by atoms with van der Waals surface area (Å²) in [4.78, 5) is 11.2. The highest BCUT2D eigenvalue weighted by Gasteiger charge is 2.34. The lowest BCUT2D eigenvalue weighted by atomic mass is 10.2. The largest absolute Gasteiger partial charge is 0.465 e. The molecule has 0 aliphatic rings. The van der Waals surface area contributed by atoms with Gasteiger partial charge in [0.05, 0.1) is 18.8 Å². The highest BCUT2D eigenvalue weighted by Crippen LogP contribution is 2.29. The summed E-state index contributed by atoms with van der Waals surface area (Å²) >= 11 is 0. The Kier molecular flexibility index (Phi) is 5.61. The minimum atomic E-state index is -4.47. The van der Waals surface area contributed by atoms with Crippen LogP contribution < -0.4 is 5.32 Å². The summed E-state index contributed by atoms with van der Waals surface area (Å²) in [6.45, 7) is 4.18. The summed E-state index contributed by atoms with van der Waals surface area (Å²) < 4.78 is 44.1. The molecular weight excluding hydrogens is 323 g/mol. The SMILES string of the molecule is CCOC(=O)CNCc1ccc(-n2nc(C(F)(F)F)cc2C)cc1. The maximum absolute atomic E-state index is 12.7. The van der Waals surface area contributed by atoms with Crippen LogP contribution in [0.3, 0.4) is 0 Å². The molecule has 5 nitrogen and oxygen atoms in total. The molecule has 1 N–H and O–H groups in total. The number of hydrogen-bond acceptors (Lipinski definition) is 4. The minimum absolute atomic E-state index is 0.1000. The topological polar surface area (TPSA) is 56.1 Å². The number of ether oxygens (including phenoxy) is 1. The van der Waals surface area contributed by atoms with Crippen molar-refractivity contribution in [2.75, 3.05) is 13.2 Å². The predicted molar refractivity (Wildman–Crippen MR) is 81.6 cm³/mol. The number of benzene rings is 1. The van der Waals surface area contributed by atoms with E-state index in [1.807, 2.05) is 0 Å². The van der Waals surface area contributed by atoms with Crippen molar-refractivity contribution >= 4 is 5.97 Å². The number of rotatable bonds is 6. The molecule has 0 radical (unpaired) electrons. The number of nitrogens with zero attached hydrogens (tertiary/aromatic N) is 2. The van der Waals surface area contributed by atoms with E-state index in [1.54, 1.807) is 38.1 Å². The summed E-state index contributed by atoms with van der Waals surface area (Å²) in [6, 6.07) is 7.90. The van der Waals surface area contributed by atoms with E-state index in [0.717, 1.165) is 11.6 Å². The number of aromatic nitrogens is 2. The molecule has 0 aliphatic carbocycles. The van der Waals surface area contributed by atoms with Crippen LogP contribution in [-0.2, 0) is 22.3 Å². The van der Waals surface area contributed by atoms with Gasteiger partial charge >= 0.3 is 12.1 Å². The molecule has 0 bridgehead atoms. The molecule has 0 unspecified atom stereocenters. The molecule has 0 saturated heterocycles. The van der Waals surface area contributed by atoms with E-state index in [-0.39, 0.29) is 12.5 Å². The fraction of sp³-hybridized carbons (Fsp3) is 0.375. The van der Waals surface area contributed by atoms with Crippen LogP contribution in [0.5, 0.6) is 0 Å². The normalized spacial score (nSPS) is 11.5. The van der Waals surface area contributed by atoms with E-state index in [4.69, 9.17) is 4.74 Å². The van der Waals surface area contributed by atoms with Crippen molar-refractivity contribution in [3.05, 3.63) is 47.3 Å². The Morgan fingerprint density at radius 3 is 2.50 bits per heavy atom. The van der Waals surface area contributed by atoms with Gasteiger partial charge in [-0.2, -0.15) is 18.3 Å². The van der Waals surface area contributed by atoms with E-state index in [9.17, 15) is 18.0 Å². The smallest absolute Gasteiger partial charge is 0.435 e. The summed E-state index contributed by atoms with van der Waals surface area (Å²) in [5.41, 5.74) is 0.914. The second kappa shape index (κ2) is 7.48. The summed E-state index contributed by atoms with van der Waals surface area (Å²) in [5.74, 6) is -0.332. The molecule has 2 aromatic rings. The van der Waals surface area contributed by atoms with Crippen molar-refractivity contribution in [3.8, 4) is 5.69 Å². The van der Waals surface area contributed by atoms with Crippen molar-refractivity contribution in [2.24, 2.45) is 0 Å². The van der Waals surface area contributed by atoms with E-state index < -0.39 is 11.9 Å². The third-order valence-electron chi connectivity index (χ3n) is 3.26. The number of hydrogen-bond donors (Lipinski definition) is 1. The van der Waals surface area contributed by atoms with Gasteiger partial charge in [-0.3, -0.25) is 4.79 Å². The third kappa shape index (κ3) is 4.58. The van der Waals surface area contributed by atoms with Gasteiger partial charge in [0.25, 0.3) is 0 Å². The first kappa shape index (κ1) is 18.0. The third-order valence-corrected chi connectivity index (χ3v) is 3.26. The number of esters is 1. The molecule has 1 aromatic heterocycles. The number of carbonyl (C=O) groups excluding carboxylic acids is 1. The average molecular weight is 341 g/mol. The zero-order valence-corrected chi connectivity index (χ0v) is 13.4. The van der Waals surface area contributed by atoms with E-state index >= 15 is 0 Å². The molecule has 1 heterocycles. The molecule has 0 atom stereocenters. The zero-order valence-electron chi connectivity index (χ0n) is 13.4. The number of aryl methyl sites for hydroxylation is 1. The van der Waals surface area contributed by atoms with Gasteiger partial charge in [0.2, 0.25) is 0 Å². The lowest BCUT2D eigenvalue weighted by molar-refractivity contribution is -0.142. The van der Waals surface area contributed by atoms with E-state index in [0.29, 0.717) is 24.5 Å². The maximum atomic E-state index is 12.7. The molecular formula is C16H18F3N3O2. The first-order valence-corrected chi connectivity index (χ1v) is 7.40. The van der Waals surface area contributed by atoms with Gasteiger partial charge < -0.3 is 10.1 Å². The van der Waals surface area contributed by atoms with Crippen LogP contribution in [0.15, 0.2) is 30.3 Å². The van der Waals surface area contributed by atoms with Crippen LogP contribution in [0.1, 0.15) is 23.9 Å². The molecule has 24 heavy (non-hydrogen) atoms. The maximum Gasteiger partial charge on any atom is 0.435 e. The Bertz CT molecular complexity index is 694. The molecule has 130 valence electrons. The van der Waals surface area contributed by atoms with Crippen LogP contribution in [0.25, 0.3) is 5.69 Å². The van der Waals surface area contributed by atoms with Gasteiger partial charge in [0, 0.05) is 12.2 Å². The van der Waals surface area contributed by atoms with Crippen LogP contribution in [-0.4, -0.2) is 28.9 Å². The molecule has 8 heteroatoms. The molecule has 0 spiro atoms. The van der Waals surface area contributed by atoms with Crippen molar-refractivity contribution in [1.82, 2.24) is 15.1 Å². The van der Waals surface area contributed by atoms with Crippen molar-refractivity contribution in [1.29, 1.82) is 0 Å². The Hall–Kier alpha value is -2.35. The second-order valence-electron chi connectivity index (χ2n) is 5.16. The van der Waals surface area contributed by atoms with Crippen molar-refractivity contribution < 1.29 is 22.7 Å². The van der Waals surface area contributed by atoms with Crippen LogP contribution >= 0.6 is 0 Å². The lowest BCUT2D eigenvalue weighted by Gasteiger charge is -2.08. The standard InChI is InChI=1S/C16H18F3N3O2/c1-3-24-15(23)10-20-9-12-4-6-13(7-5-12)22-11(2)8-14(21-22)16(17,18)19/h4-8,20H,3,9-10H2,1-2H3. The van der Waals surface area contributed by atoms with Gasteiger partial charge in [-0.1, -0.05) is 12.1 Å². The van der Waals surface area contributed by atoms with Crippen LogP contribution in [0, 0.1) is 6.92 Å². The second-order valence-corrected chi connectivity index (χ2v) is 5.16. The van der Waals surface area contributed by atoms with Gasteiger partial charge in [0.1, 0.15) is 0 Å². The lowest BCUT2D eigenvalue weighted by Crippen LogP contribution is -2.24. The van der Waals surface area contributed by atoms with Crippen molar-refractivity contribution in [2.45, 2.75) is 26.6 Å². The number of halogens is 3. The molecule has 1 aromatic carbocycles. The first-order valence-electron chi connectivity index (χ1n) is 7.40. The van der Waals surface area contributed by atoms with Crippen LogP contribution in [0.4, 0.5) is 13.2 Å². The number of nitrogens with one attached hydrogen (secondary N) is 1. The highest BCUT2D eigenvalue weighted by atomic mass is 19.4. The fourth-order valence-corrected chi connectivity index (χ4v) is 2.15. The Labute approximate surface area is 137 Å². The summed E-state index contributed by atoms with van der Waals surface area (Å²) in [6.07, 6.45) is -4.47. The summed E-state index contributed by atoms with van der Waals surface area (Å²) in [7, 11) is 0. The monoisotopic (exact) mass is 341 g/mol. The first-order chi connectivity index (χ1) is 11.3. The van der Waals surface area contributed by atoms with Gasteiger partial charge in [-0.05, 0) is 37.6 Å². The van der Waals surface area contributed by atoms with Crippen LogP contribution in [0.2, 0.25) is 0 Å². The Balaban J connectivity index is 2.02. The van der Waals surface area contributed by atoms with Gasteiger partial charge in [-0.25, -0.2) is 4.68 Å². The molecule has 0 amide bonds. The number of alkyl halides is 3. The summed E-state index contributed by atoms with van der Waals surface area (Å²) in [5, 5.41) is 6.54. The fourth-order valence-electron chi connectivity index (χ4n) is 2.15. The van der Waals surface area contributed by atoms with Gasteiger partial charge in [0.15, 0.2) is 5.69 Å². The number of carbonyl (C=O) groups is 1. The quantitative estimate of drug-likeness (QED) is 0.821. The Morgan fingerprint density at radius 2 is 1.96 bits per heavy atom. The zero-order chi connectivity index (χ0) is 17.7. The Morgan fingerprint density at radius 1 is 1.29 bits per heavy atom. The predicted octanol–water partition coefficient (Wildman–Crippen LogP) is 2.85. The molecule has 2 rings (SSSR count). The highest BCUT2D eigenvalue weighted by molar-refractivity contribution is 5.71. The molecule has 0 saturated carbocycles. The minimum Gasteiger partial charge on any atom is -0.465 e. The van der Waals surface area contributed by atoms with Gasteiger partial charge in [-0.15, -0.1) is 0 Å². The van der Waals surface area contributed by atoms with E-state index in [1.165, 1.54) is 4.68 Å². The average Bonchev–Trinajstić information content (AvgIpc) is 2.90. The molecule has 0 fully saturated rings.